The van der Waals surface area contributed by atoms with Crippen molar-refractivity contribution < 1.29 is 9.84 Å². The number of hydrogen-bond acceptors (Lipinski definition) is 3. The number of hydrogen-bond donors (Lipinski definition) is 1. The average Bonchev–Trinajstić information content (AvgIpc) is 2.40. The Kier molecular flexibility index (Phi) is 4.57. The van der Waals surface area contributed by atoms with E-state index in [4.69, 9.17) is 4.74 Å². The maximum atomic E-state index is 9.42. The highest BCUT2D eigenvalue weighted by molar-refractivity contribution is 7.99. The van der Waals surface area contributed by atoms with Gasteiger partial charge in [-0.05, 0) is 42.0 Å². The zero-order valence-corrected chi connectivity index (χ0v) is 12.0. The third-order valence-corrected chi connectivity index (χ3v) is 4.53. The van der Waals surface area contributed by atoms with E-state index in [9.17, 15) is 5.11 Å². The van der Waals surface area contributed by atoms with Crippen molar-refractivity contribution in [2.24, 2.45) is 0 Å². The van der Waals surface area contributed by atoms with Gasteiger partial charge in [0.15, 0.2) is 0 Å². The molecule has 1 fully saturated rings. The van der Waals surface area contributed by atoms with Crippen LogP contribution in [0.25, 0.3) is 0 Å². The van der Waals surface area contributed by atoms with Crippen LogP contribution in [0.4, 0.5) is 0 Å². The Balaban J connectivity index is 2.07. The molecule has 1 saturated heterocycles. The minimum absolute atomic E-state index is 0.149. The van der Waals surface area contributed by atoms with E-state index in [1.807, 2.05) is 37.7 Å². The zero-order chi connectivity index (χ0) is 13.0. The van der Waals surface area contributed by atoms with Crippen LogP contribution in [0.15, 0.2) is 24.3 Å². The van der Waals surface area contributed by atoms with Crippen LogP contribution in [0, 0.1) is 0 Å². The van der Waals surface area contributed by atoms with Gasteiger partial charge in [0.2, 0.25) is 0 Å². The van der Waals surface area contributed by atoms with Gasteiger partial charge in [-0.3, -0.25) is 0 Å². The van der Waals surface area contributed by atoms with Gasteiger partial charge >= 0.3 is 0 Å². The van der Waals surface area contributed by atoms with Crippen LogP contribution in [-0.4, -0.2) is 29.3 Å². The molecule has 0 unspecified atom stereocenters. The smallest absolute Gasteiger partial charge is 0.120 e. The molecule has 0 amide bonds. The number of thioether (sulfide) groups is 1. The van der Waals surface area contributed by atoms with Crippen LogP contribution in [0.3, 0.4) is 0 Å². The van der Waals surface area contributed by atoms with E-state index in [0.717, 1.165) is 24.2 Å². The highest BCUT2D eigenvalue weighted by Crippen LogP contribution is 2.28. The molecule has 0 radical (unpaired) electrons. The highest BCUT2D eigenvalue weighted by atomic mass is 32.2. The van der Waals surface area contributed by atoms with Gasteiger partial charge in [0, 0.05) is 5.41 Å². The molecule has 0 aliphatic carbocycles. The molecule has 1 heterocycles. The lowest BCUT2D eigenvalue weighted by Crippen LogP contribution is -2.24. The molecule has 1 N–H and O–H groups in total. The van der Waals surface area contributed by atoms with Gasteiger partial charge in [-0.25, -0.2) is 0 Å². The summed E-state index contributed by atoms with van der Waals surface area (Å²) in [7, 11) is 0. The van der Waals surface area contributed by atoms with Crippen molar-refractivity contribution in [1.82, 2.24) is 0 Å². The first kappa shape index (κ1) is 13.8. The molecule has 1 aromatic carbocycles. The first-order valence-electron chi connectivity index (χ1n) is 6.57. The summed E-state index contributed by atoms with van der Waals surface area (Å²) in [5.41, 5.74) is 0.926. The molecule has 0 atom stereocenters. The first-order valence-corrected chi connectivity index (χ1v) is 7.73. The molecule has 0 spiro atoms. The lowest BCUT2D eigenvalue weighted by Gasteiger charge is -2.25. The van der Waals surface area contributed by atoms with E-state index in [2.05, 4.69) is 12.1 Å². The monoisotopic (exact) mass is 266 g/mol. The van der Waals surface area contributed by atoms with Crippen molar-refractivity contribution in [1.29, 1.82) is 0 Å². The molecular formula is C15H22O2S. The summed E-state index contributed by atoms with van der Waals surface area (Å²) in [6.07, 6.45) is 2.63. The zero-order valence-electron chi connectivity index (χ0n) is 11.2. The van der Waals surface area contributed by atoms with Crippen molar-refractivity contribution in [3.63, 3.8) is 0 Å². The van der Waals surface area contributed by atoms with E-state index < -0.39 is 0 Å². The summed E-state index contributed by atoms with van der Waals surface area (Å²) in [5, 5.41) is 9.42. The second-order valence-electron chi connectivity index (χ2n) is 5.50. The van der Waals surface area contributed by atoms with Gasteiger partial charge in [0.05, 0.1) is 6.61 Å². The fourth-order valence-electron chi connectivity index (χ4n) is 2.07. The number of ether oxygens (including phenoxy) is 1. The predicted octanol–water partition coefficient (Wildman–Crippen LogP) is 3.23. The van der Waals surface area contributed by atoms with Gasteiger partial charge in [0.1, 0.15) is 11.9 Å². The van der Waals surface area contributed by atoms with Gasteiger partial charge in [-0.2, -0.15) is 11.8 Å². The third-order valence-electron chi connectivity index (χ3n) is 3.48. The summed E-state index contributed by atoms with van der Waals surface area (Å²) >= 11 is 2.01. The van der Waals surface area contributed by atoms with Crippen LogP contribution in [-0.2, 0) is 5.41 Å². The Bertz CT molecular complexity index is 384. The fourth-order valence-corrected chi connectivity index (χ4v) is 3.13. The first-order chi connectivity index (χ1) is 8.62. The number of aliphatic hydroxyl groups excluding tert-OH is 1. The molecule has 2 nitrogen and oxygen atoms in total. The fraction of sp³-hybridized carbons (Fsp3) is 0.600. The molecule has 0 saturated carbocycles. The summed E-state index contributed by atoms with van der Waals surface area (Å²) < 4.78 is 6.04. The van der Waals surface area contributed by atoms with E-state index >= 15 is 0 Å². The van der Waals surface area contributed by atoms with Crippen molar-refractivity contribution in [3.8, 4) is 5.75 Å². The van der Waals surface area contributed by atoms with Crippen molar-refractivity contribution in [2.75, 3.05) is 18.1 Å². The largest absolute Gasteiger partial charge is 0.490 e. The van der Waals surface area contributed by atoms with Crippen molar-refractivity contribution >= 4 is 11.8 Å². The maximum absolute atomic E-state index is 9.42. The van der Waals surface area contributed by atoms with E-state index in [1.165, 1.54) is 11.5 Å². The molecule has 1 aliphatic rings. The topological polar surface area (TPSA) is 29.5 Å². The third kappa shape index (κ3) is 3.42. The summed E-state index contributed by atoms with van der Waals surface area (Å²) in [6, 6.07) is 8.15. The molecule has 18 heavy (non-hydrogen) atoms. The maximum Gasteiger partial charge on any atom is 0.120 e. The van der Waals surface area contributed by atoms with Gasteiger partial charge in [-0.1, -0.05) is 26.0 Å². The summed E-state index contributed by atoms with van der Waals surface area (Å²) in [4.78, 5) is 0. The molecule has 0 aromatic heterocycles. The molecular weight excluding hydrogens is 244 g/mol. The lowest BCUT2D eigenvalue weighted by atomic mass is 9.85. The Morgan fingerprint density at radius 3 is 2.72 bits per heavy atom. The second kappa shape index (κ2) is 5.98. The Morgan fingerprint density at radius 1 is 1.33 bits per heavy atom. The molecule has 100 valence electrons. The number of rotatable bonds is 4. The van der Waals surface area contributed by atoms with Crippen molar-refractivity contribution in [2.45, 2.75) is 38.2 Å². The quantitative estimate of drug-likeness (QED) is 0.907. The summed E-state index contributed by atoms with van der Waals surface area (Å²) in [6.45, 7) is 4.24. The molecule has 2 rings (SSSR count). The molecule has 1 aliphatic heterocycles. The van der Waals surface area contributed by atoms with Gasteiger partial charge < -0.3 is 9.84 Å². The van der Waals surface area contributed by atoms with Gasteiger partial charge in [-0.15, -0.1) is 0 Å². The lowest BCUT2D eigenvalue weighted by molar-refractivity contribution is 0.190. The van der Waals surface area contributed by atoms with Crippen LogP contribution in [0.2, 0.25) is 0 Å². The highest BCUT2D eigenvalue weighted by Gasteiger charge is 2.21. The minimum atomic E-state index is -0.207. The van der Waals surface area contributed by atoms with E-state index in [-0.39, 0.29) is 12.0 Å². The molecule has 0 bridgehead atoms. The normalized spacial score (nSPS) is 17.7. The minimum Gasteiger partial charge on any atom is -0.490 e. The Morgan fingerprint density at radius 2 is 2.06 bits per heavy atom. The standard InChI is InChI=1S/C15H22O2S/c1-15(2,11-16)12-4-3-5-14(10-12)17-13-6-8-18-9-7-13/h3-5,10,13,16H,6-9,11H2,1-2H3. The van der Waals surface area contributed by atoms with Crippen LogP contribution in [0.5, 0.6) is 5.75 Å². The Labute approximate surface area is 114 Å². The number of aliphatic hydroxyl groups is 1. The van der Waals surface area contributed by atoms with Crippen LogP contribution < -0.4 is 4.74 Å². The van der Waals surface area contributed by atoms with E-state index in [1.54, 1.807) is 0 Å². The van der Waals surface area contributed by atoms with Crippen LogP contribution in [0.1, 0.15) is 32.3 Å². The predicted molar refractivity (Wildman–Crippen MR) is 77.5 cm³/mol. The van der Waals surface area contributed by atoms with Gasteiger partial charge in [0.25, 0.3) is 0 Å². The average molecular weight is 266 g/mol. The number of benzene rings is 1. The molecule has 3 heteroatoms. The SMILES string of the molecule is CC(C)(CO)c1cccc(OC2CCSCC2)c1. The Hall–Kier alpha value is -0.670. The summed E-state index contributed by atoms with van der Waals surface area (Å²) in [5.74, 6) is 3.34. The van der Waals surface area contributed by atoms with Crippen molar-refractivity contribution in [3.05, 3.63) is 29.8 Å². The van der Waals surface area contributed by atoms with Crippen LogP contribution >= 0.6 is 11.8 Å². The second-order valence-corrected chi connectivity index (χ2v) is 6.72. The van der Waals surface area contributed by atoms with E-state index in [0.29, 0.717) is 6.10 Å². The molecule has 1 aromatic rings.